The van der Waals surface area contributed by atoms with Gasteiger partial charge in [0.05, 0.1) is 11.6 Å². The number of fused-ring (bicyclic) bond motifs is 2. The van der Waals surface area contributed by atoms with E-state index in [9.17, 15) is 10.1 Å². The molecule has 1 aliphatic heterocycles. The minimum absolute atomic E-state index is 0.0138. The molecule has 2 aliphatic rings. The van der Waals surface area contributed by atoms with E-state index in [1.807, 2.05) is 32.9 Å². The molecule has 1 amide bonds. The lowest BCUT2D eigenvalue weighted by Gasteiger charge is -2.40. The molecular formula is C19H25N3O2. The van der Waals surface area contributed by atoms with E-state index in [0.29, 0.717) is 18.7 Å². The lowest BCUT2D eigenvalue weighted by atomic mass is 9.73. The molecule has 1 atom stereocenters. The first-order chi connectivity index (χ1) is 11.3. The van der Waals surface area contributed by atoms with Crippen LogP contribution in [0.3, 0.4) is 0 Å². The van der Waals surface area contributed by atoms with Gasteiger partial charge in [-0.2, -0.15) is 5.26 Å². The summed E-state index contributed by atoms with van der Waals surface area (Å²) < 4.78 is 5.47. The van der Waals surface area contributed by atoms with Crippen LogP contribution in [0.2, 0.25) is 0 Å². The lowest BCUT2D eigenvalue weighted by molar-refractivity contribution is 0.0162. The molecule has 2 N–H and O–H groups in total. The van der Waals surface area contributed by atoms with Crippen LogP contribution in [0.1, 0.15) is 62.8 Å². The summed E-state index contributed by atoms with van der Waals surface area (Å²) in [5, 5.41) is 9.35. The highest BCUT2D eigenvalue weighted by molar-refractivity contribution is 5.68. The van der Waals surface area contributed by atoms with Crippen molar-refractivity contribution in [1.29, 1.82) is 5.26 Å². The molecule has 128 valence electrons. The number of likely N-dealkylation sites (tertiary alicyclic amines) is 1. The molecule has 0 unspecified atom stereocenters. The van der Waals surface area contributed by atoms with Crippen molar-refractivity contribution in [3.8, 4) is 6.07 Å². The highest BCUT2D eigenvalue weighted by Crippen LogP contribution is 2.50. The number of carbonyl (C=O) groups is 1. The Hall–Kier alpha value is -2.06. The second kappa shape index (κ2) is 5.78. The van der Waals surface area contributed by atoms with Gasteiger partial charge in [0.2, 0.25) is 0 Å². The molecule has 3 rings (SSSR count). The maximum absolute atomic E-state index is 12.3. The molecule has 1 heterocycles. The van der Waals surface area contributed by atoms with Crippen molar-refractivity contribution in [1.82, 2.24) is 4.90 Å². The highest BCUT2D eigenvalue weighted by atomic mass is 16.6. The normalized spacial score (nSPS) is 22.1. The second-order valence-corrected chi connectivity index (χ2v) is 7.94. The van der Waals surface area contributed by atoms with Crippen LogP contribution in [0.15, 0.2) is 18.2 Å². The Kier molecular flexibility index (Phi) is 4.05. The summed E-state index contributed by atoms with van der Waals surface area (Å²) in [4.78, 5) is 14.0. The zero-order chi connectivity index (χ0) is 17.5. The molecule has 0 radical (unpaired) electrons. The number of hydrogen-bond acceptors (Lipinski definition) is 4. The molecule has 5 heteroatoms. The van der Waals surface area contributed by atoms with Crippen LogP contribution in [0, 0.1) is 11.3 Å². The predicted molar refractivity (Wildman–Crippen MR) is 91.4 cm³/mol. The number of ether oxygens (including phenoxy) is 1. The van der Waals surface area contributed by atoms with Gasteiger partial charge >= 0.3 is 6.09 Å². The predicted octanol–water partition coefficient (Wildman–Crippen LogP) is 3.23. The lowest BCUT2D eigenvalue weighted by Crippen LogP contribution is -2.46. The number of rotatable bonds is 0. The van der Waals surface area contributed by atoms with Crippen LogP contribution in [0.4, 0.5) is 4.79 Å². The van der Waals surface area contributed by atoms with Crippen LogP contribution < -0.4 is 5.73 Å². The quantitative estimate of drug-likeness (QED) is 0.793. The van der Waals surface area contributed by atoms with Crippen LogP contribution in [0.5, 0.6) is 0 Å². The van der Waals surface area contributed by atoms with Gasteiger partial charge in [0.15, 0.2) is 0 Å². The van der Waals surface area contributed by atoms with Crippen LogP contribution in [-0.2, 0) is 10.2 Å². The fraction of sp³-hybridized carbons (Fsp3) is 0.579. The summed E-state index contributed by atoms with van der Waals surface area (Å²) in [7, 11) is 0. The Morgan fingerprint density at radius 3 is 2.62 bits per heavy atom. The van der Waals surface area contributed by atoms with Crippen molar-refractivity contribution < 1.29 is 9.53 Å². The topological polar surface area (TPSA) is 79.3 Å². The molecular weight excluding hydrogens is 302 g/mol. The third-order valence-corrected chi connectivity index (χ3v) is 5.15. The molecule has 1 aromatic carbocycles. The largest absolute Gasteiger partial charge is 0.444 e. The van der Waals surface area contributed by atoms with Crippen molar-refractivity contribution in [2.24, 2.45) is 5.73 Å². The van der Waals surface area contributed by atoms with Crippen molar-refractivity contribution in [2.75, 3.05) is 13.1 Å². The number of hydrogen-bond donors (Lipinski definition) is 1. The Morgan fingerprint density at radius 2 is 2.04 bits per heavy atom. The van der Waals surface area contributed by atoms with E-state index in [2.05, 4.69) is 12.1 Å². The Morgan fingerprint density at radius 1 is 1.38 bits per heavy atom. The van der Waals surface area contributed by atoms with Crippen LogP contribution >= 0.6 is 0 Å². The second-order valence-electron chi connectivity index (χ2n) is 7.94. The average molecular weight is 327 g/mol. The van der Waals surface area contributed by atoms with Gasteiger partial charge in [0.1, 0.15) is 5.60 Å². The van der Waals surface area contributed by atoms with Crippen LogP contribution in [-0.4, -0.2) is 29.7 Å². The van der Waals surface area contributed by atoms with Gasteiger partial charge < -0.3 is 15.4 Å². The van der Waals surface area contributed by atoms with E-state index in [1.165, 1.54) is 5.56 Å². The molecule has 1 spiro atoms. The molecule has 0 saturated carbocycles. The third-order valence-electron chi connectivity index (χ3n) is 5.15. The number of carbonyl (C=O) groups excluding carboxylic acids is 1. The molecule has 1 aromatic rings. The van der Waals surface area contributed by atoms with E-state index >= 15 is 0 Å². The summed E-state index contributed by atoms with van der Waals surface area (Å²) in [5.74, 6) is 0. The van der Waals surface area contributed by atoms with E-state index < -0.39 is 5.60 Å². The first kappa shape index (κ1) is 16.8. The number of piperidine rings is 1. The fourth-order valence-corrected chi connectivity index (χ4v) is 4.07. The van der Waals surface area contributed by atoms with Gasteiger partial charge in [0, 0.05) is 24.5 Å². The molecule has 0 aromatic heterocycles. The zero-order valence-electron chi connectivity index (χ0n) is 14.6. The molecule has 1 fully saturated rings. The summed E-state index contributed by atoms with van der Waals surface area (Å²) >= 11 is 0. The number of nitriles is 1. The first-order valence-electron chi connectivity index (χ1n) is 8.53. The number of benzene rings is 1. The molecule has 0 bridgehead atoms. The molecule has 24 heavy (non-hydrogen) atoms. The van der Waals surface area contributed by atoms with Gasteiger partial charge in [-0.15, -0.1) is 0 Å². The van der Waals surface area contributed by atoms with Crippen LogP contribution in [0.25, 0.3) is 0 Å². The van der Waals surface area contributed by atoms with Crippen molar-refractivity contribution in [2.45, 2.75) is 57.1 Å². The van der Waals surface area contributed by atoms with Gasteiger partial charge in [-0.05, 0) is 57.2 Å². The van der Waals surface area contributed by atoms with Crippen molar-refractivity contribution in [3.63, 3.8) is 0 Å². The van der Waals surface area contributed by atoms with Crippen molar-refractivity contribution >= 4 is 6.09 Å². The Labute approximate surface area is 143 Å². The van der Waals surface area contributed by atoms with Crippen molar-refractivity contribution in [3.05, 3.63) is 34.9 Å². The van der Waals surface area contributed by atoms with Gasteiger partial charge in [-0.25, -0.2) is 4.79 Å². The smallest absolute Gasteiger partial charge is 0.410 e. The fourth-order valence-electron chi connectivity index (χ4n) is 4.07. The summed E-state index contributed by atoms with van der Waals surface area (Å²) in [5.41, 5.74) is 8.76. The maximum atomic E-state index is 12.3. The average Bonchev–Trinajstić information content (AvgIpc) is 2.79. The zero-order valence-corrected chi connectivity index (χ0v) is 14.6. The summed E-state index contributed by atoms with van der Waals surface area (Å²) in [6.07, 6.45) is 2.33. The monoisotopic (exact) mass is 327 g/mol. The molecule has 1 aliphatic carbocycles. The van der Waals surface area contributed by atoms with E-state index in [1.54, 1.807) is 4.90 Å². The van der Waals surface area contributed by atoms with Gasteiger partial charge in [0.25, 0.3) is 0 Å². The minimum Gasteiger partial charge on any atom is -0.444 e. The number of amides is 1. The SMILES string of the molecule is CC(C)(C)OC(=O)N1CCC2(CC1)C[C@H](N)c1c(C#N)cccc12. The molecule has 5 nitrogen and oxygen atoms in total. The van der Waals surface area contributed by atoms with Gasteiger partial charge in [-0.1, -0.05) is 12.1 Å². The number of nitrogens with two attached hydrogens (primary N) is 1. The number of nitrogens with zero attached hydrogens (tertiary/aromatic N) is 2. The first-order valence-corrected chi connectivity index (χ1v) is 8.53. The van der Waals surface area contributed by atoms with Gasteiger partial charge in [-0.3, -0.25) is 0 Å². The summed E-state index contributed by atoms with van der Waals surface area (Å²) in [6, 6.07) is 8.06. The standard InChI is InChI=1S/C19H25N3O2/c1-18(2,3)24-17(23)22-9-7-19(8-10-22)11-15(21)16-13(12-20)5-4-6-14(16)19/h4-6,15H,7-11,21H2,1-3H3/t15-/m0/s1. The van der Waals surface area contributed by atoms with E-state index in [4.69, 9.17) is 10.5 Å². The maximum Gasteiger partial charge on any atom is 0.410 e. The Balaban J connectivity index is 1.79. The van der Waals surface area contributed by atoms with E-state index in [-0.39, 0.29) is 17.6 Å². The summed E-state index contributed by atoms with van der Waals surface area (Å²) in [6.45, 7) is 6.97. The molecule has 1 saturated heterocycles. The third kappa shape index (κ3) is 2.87. The highest BCUT2D eigenvalue weighted by Gasteiger charge is 2.46. The van der Waals surface area contributed by atoms with E-state index in [0.717, 1.165) is 24.8 Å². The minimum atomic E-state index is -0.476. The Bertz CT molecular complexity index is 692.